The fraction of sp³-hybridized carbons (Fsp3) is 0.308. The van der Waals surface area contributed by atoms with Crippen LogP contribution in [-0.4, -0.2) is 42.9 Å². The van der Waals surface area contributed by atoms with Crippen LogP contribution in [0.15, 0.2) is 29.4 Å². The number of nitrogens with one attached hydrogen (secondary N) is 1. The Hall–Kier alpha value is -2.57. The summed E-state index contributed by atoms with van der Waals surface area (Å²) in [4.78, 5) is 29.4. The SMILES string of the molecule is CN(C)c1cccc(NC(=O)C2CC(C(=O)O)=NO2)c1. The molecule has 106 valence electrons. The monoisotopic (exact) mass is 277 g/mol. The van der Waals surface area contributed by atoms with Gasteiger partial charge in [-0.1, -0.05) is 11.2 Å². The maximum Gasteiger partial charge on any atom is 0.353 e. The van der Waals surface area contributed by atoms with Crippen molar-refractivity contribution in [2.24, 2.45) is 5.16 Å². The summed E-state index contributed by atoms with van der Waals surface area (Å²) >= 11 is 0. The van der Waals surface area contributed by atoms with Gasteiger partial charge >= 0.3 is 5.97 Å². The topological polar surface area (TPSA) is 91.2 Å². The Morgan fingerprint density at radius 2 is 2.20 bits per heavy atom. The van der Waals surface area contributed by atoms with E-state index in [1.54, 1.807) is 6.07 Å². The van der Waals surface area contributed by atoms with E-state index in [-0.39, 0.29) is 12.1 Å². The number of oxime groups is 1. The summed E-state index contributed by atoms with van der Waals surface area (Å²) < 4.78 is 0. The van der Waals surface area contributed by atoms with Crippen molar-refractivity contribution < 1.29 is 19.5 Å². The normalized spacial score (nSPS) is 17.1. The predicted molar refractivity (Wildman–Crippen MR) is 74.0 cm³/mol. The van der Waals surface area contributed by atoms with Crippen molar-refractivity contribution in [1.29, 1.82) is 0 Å². The van der Waals surface area contributed by atoms with Crippen LogP contribution in [0.2, 0.25) is 0 Å². The quantitative estimate of drug-likeness (QED) is 0.854. The second-order valence-electron chi connectivity index (χ2n) is 4.58. The van der Waals surface area contributed by atoms with Gasteiger partial charge in [-0.2, -0.15) is 0 Å². The molecule has 1 heterocycles. The van der Waals surface area contributed by atoms with E-state index >= 15 is 0 Å². The van der Waals surface area contributed by atoms with Gasteiger partial charge in [0.15, 0.2) is 5.71 Å². The second kappa shape index (κ2) is 5.60. The molecule has 20 heavy (non-hydrogen) atoms. The van der Waals surface area contributed by atoms with Crippen LogP contribution in [-0.2, 0) is 14.4 Å². The molecule has 1 aliphatic heterocycles. The highest BCUT2D eigenvalue weighted by atomic mass is 16.6. The van der Waals surface area contributed by atoms with Gasteiger partial charge in [0.2, 0.25) is 6.10 Å². The van der Waals surface area contributed by atoms with Crippen LogP contribution in [0, 0.1) is 0 Å². The first kappa shape index (κ1) is 13.9. The number of carboxylic acids is 1. The molecule has 7 heteroatoms. The van der Waals surface area contributed by atoms with E-state index in [1.807, 2.05) is 37.2 Å². The Bertz CT molecular complexity index is 568. The fourth-order valence-corrected chi connectivity index (χ4v) is 1.73. The van der Waals surface area contributed by atoms with Crippen molar-refractivity contribution in [3.63, 3.8) is 0 Å². The highest BCUT2D eigenvalue weighted by Crippen LogP contribution is 2.19. The van der Waals surface area contributed by atoms with Gasteiger partial charge in [-0.05, 0) is 18.2 Å². The minimum absolute atomic E-state index is 0.0332. The van der Waals surface area contributed by atoms with E-state index in [4.69, 9.17) is 9.94 Å². The van der Waals surface area contributed by atoms with Crippen molar-refractivity contribution in [3.8, 4) is 0 Å². The van der Waals surface area contributed by atoms with Crippen molar-refractivity contribution >= 4 is 29.0 Å². The third kappa shape index (κ3) is 3.05. The maximum absolute atomic E-state index is 11.9. The summed E-state index contributed by atoms with van der Waals surface area (Å²) in [5, 5.41) is 14.8. The molecule has 1 aromatic carbocycles. The van der Waals surface area contributed by atoms with E-state index in [0.29, 0.717) is 5.69 Å². The summed E-state index contributed by atoms with van der Waals surface area (Å²) in [5.74, 6) is -1.59. The molecule has 7 nitrogen and oxygen atoms in total. The molecule has 0 bridgehead atoms. The van der Waals surface area contributed by atoms with Crippen molar-refractivity contribution in [2.45, 2.75) is 12.5 Å². The average molecular weight is 277 g/mol. The van der Waals surface area contributed by atoms with E-state index in [1.165, 1.54) is 0 Å². The van der Waals surface area contributed by atoms with Crippen LogP contribution < -0.4 is 10.2 Å². The summed E-state index contributed by atoms with van der Waals surface area (Å²) in [7, 11) is 3.79. The van der Waals surface area contributed by atoms with Gasteiger partial charge in [-0.3, -0.25) is 4.79 Å². The first-order valence-corrected chi connectivity index (χ1v) is 6.01. The van der Waals surface area contributed by atoms with Gasteiger partial charge in [0.1, 0.15) is 0 Å². The Balaban J connectivity index is 1.99. The van der Waals surface area contributed by atoms with Crippen LogP contribution in [0.3, 0.4) is 0 Å². The van der Waals surface area contributed by atoms with E-state index in [0.717, 1.165) is 5.69 Å². The molecule has 0 aliphatic carbocycles. The van der Waals surface area contributed by atoms with E-state index < -0.39 is 18.0 Å². The number of carbonyl (C=O) groups is 2. The molecule has 0 radical (unpaired) electrons. The third-order valence-corrected chi connectivity index (χ3v) is 2.84. The molecule has 1 amide bonds. The van der Waals surface area contributed by atoms with Crippen LogP contribution in [0.25, 0.3) is 0 Å². The minimum atomic E-state index is -1.17. The lowest BCUT2D eigenvalue weighted by Crippen LogP contribution is -2.29. The minimum Gasteiger partial charge on any atom is -0.477 e. The number of benzene rings is 1. The molecule has 2 rings (SSSR count). The lowest BCUT2D eigenvalue weighted by molar-refractivity contribution is -0.129. The Labute approximate surface area is 115 Å². The van der Waals surface area contributed by atoms with Crippen LogP contribution in [0.5, 0.6) is 0 Å². The molecule has 0 saturated heterocycles. The van der Waals surface area contributed by atoms with Gasteiger partial charge in [0, 0.05) is 31.9 Å². The van der Waals surface area contributed by atoms with Crippen LogP contribution in [0.1, 0.15) is 6.42 Å². The fourth-order valence-electron chi connectivity index (χ4n) is 1.73. The van der Waals surface area contributed by atoms with E-state index in [2.05, 4.69) is 10.5 Å². The summed E-state index contributed by atoms with van der Waals surface area (Å²) in [6.45, 7) is 0. The highest BCUT2D eigenvalue weighted by Gasteiger charge is 2.31. The Morgan fingerprint density at radius 3 is 2.80 bits per heavy atom. The van der Waals surface area contributed by atoms with Crippen molar-refractivity contribution in [2.75, 3.05) is 24.3 Å². The first-order chi connectivity index (χ1) is 9.47. The number of carboxylic acid groups (broad SMARTS) is 1. The number of hydrogen-bond donors (Lipinski definition) is 2. The largest absolute Gasteiger partial charge is 0.477 e. The third-order valence-electron chi connectivity index (χ3n) is 2.84. The summed E-state index contributed by atoms with van der Waals surface area (Å²) in [6, 6.07) is 7.29. The molecule has 1 atom stereocenters. The molecule has 1 unspecified atom stereocenters. The number of anilines is 2. The van der Waals surface area contributed by atoms with E-state index in [9.17, 15) is 9.59 Å². The highest BCUT2D eigenvalue weighted by molar-refractivity contribution is 6.36. The van der Waals surface area contributed by atoms with Crippen LogP contribution in [0.4, 0.5) is 11.4 Å². The molecule has 1 aromatic rings. The lowest BCUT2D eigenvalue weighted by atomic mass is 10.1. The van der Waals surface area contributed by atoms with Crippen LogP contribution >= 0.6 is 0 Å². The lowest BCUT2D eigenvalue weighted by Gasteiger charge is -2.14. The van der Waals surface area contributed by atoms with Gasteiger partial charge in [-0.15, -0.1) is 0 Å². The van der Waals surface area contributed by atoms with Gasteiger partial charge < -0.3 is 20.2 Å². The predicted octanol–water partition coefficient (Wildman–Crippen LogP) is 0.921. The molecular weight excluding hydrogens is 262 g/mol. The van der Waals surface area contributed by atoms with Crippen molar-refractivity contribution in [1.82, 2.24) is 0 Å². The zero-order valence-corrected chi connectivity index (χ0v) is 11.2. The molecular formula is C13H15N3O4. The van der Waals surface area contributed by atoms with Gasteiger partial charge in [0.25, 0.3) is 5.91 Å². The number of carbonyl (C=O) groups excluding carboxylic acids is 1. The number of aliphatic carboxylic acids is 1. The average Bonchev–Trinajstić information content (AvgIpc) is 2.88. The summed E-state index contributed by atoms with van der Waals surface area (Å²) in [5.41, 5.74) is 1.42. The number of amides is 1. The number of hydrogen-bond acceptors (Lipinski definition) is 5. The second-order valence-corrected chi connectivity index (χ2v) is 4.58. The molecule has 0 saturated carbocycles. The van der Waals surface area contributed by atoms with Gasteiger partial charge in [-0.25, -0.2) is 4.79 Å². The standard InChI is InChI=1S/C13H15N3O4/c1-16(2)9-5-3-4-8(6-9)14-12(17)11-7-10(13(18)19)15-20-11/h3-6,11H,7H2,1-2H3,(H,14,17)(H,18,19). The smallest absolute Gasteiger partial charge is 0.353 e. The molecule has 2 N–H and O–H groups in total. The zero-order chi connectivity index (χ0) is 14.7. The molecule has 0 aromatic heterocycles. The number of rotatable bonds is 4. The maximum atomic E-state index is 11.9. The Kier molecular flexibility index (Phi) is 3.88. The zero-order valence-electron chi connectivity index (χ0n) is 11.2. The van der Waals surface area contributed by atoms with Crippen molar-refractivity contribution in [3.05, 3.63) is 24.3 Å². The summed E-state index contributed by atoms with van der Waals surface area (Å²) in [6.07, 6.45) is -0.932. The first-order valence-electron chi connectivity index (χ1n) is 6.01. The molecule has 0 spiro atoms. The molecule has 1 aliphatic rings. The Morgan fingerprint density at radius 1 is 1.45 bits per heavy atom. The van der Waals surface area contributed by atoms with Gasteiger partial charge in [0.05, 0.1) is 0 Å². The molecule has 0 fully saturated rings. The number of nitrogens with zero attached hydrogens (tertiary/aromatic N) is 2.